The molecule has 14 heavy (non-hydrogen) atoms. The quantitative estimate of drug-likeness (QED) is 0.771. The fourth-order valence-corrected chi connectivity index (χ4v) is 0.794. The molecule has 0 saturated carbocycles. The van der Waals surface area contributed by atoms with Crippen molar-refractivity contribution in [1.82, 2.24) is 0 Å². The van der Waals surface area contributed by atoms with Crippen molar-refractivity contribution in [2.24, 2.45) is 5.73 Å². The summed E-state index contributed by atoms with van der Waals surface area (Å²) in [6, 6.07) is -0.0502. The molecule has 78 valence electrons. The Bertz CT molecular complexity index is 344. The second-order valence-corrected chi connectivity index (χ2v) is 2.52. The average Bonchev–Trinajstić information content (AvgIpc) is 2.49. The highest BCUT2D eigenvalue weighted by Crippen LogP contribution is 2.31. The maximum atomic E-state index is 12.0. The van der Waals surface area contributed by atoms with Crippen molar-refractivity contribution in [2.45, 2.75) is 12.2 Å². The molecule has 0 bridgehead atoms. The number of hydrogen-bond donors (Lipinski definition) is 2. The molecule has 1 aromatic heterocycles. The number of aliphatic carboxylic acids is 1. The van der Waals surface area contributed by atoms with E-state index < -0.39 is 29.7 Å². The van der Waals surface area contributed by atoms with Gasteiger partial charge in [0, 0.05) is 0 Å². The summed E-state index contributed by atoms with van der Waals surface area (Å²) < 4.78 is 40.2. The van der Waals surface area contributed by atoms with Crippen molar-refractivity contribution < 1.29 is 27.5 Å². The standard InChI is InChI=1S/C7H6F3NO3/c8-7(9,10)4-2-1-3(14-4)5(11)6(12)13/h1-2,5H,11H2,(H,12,13). The highest BCUT2D eigenvalue weighted by molar-refractivity contribution is 5.74. The second kappa shape index (κ2) is 3.33. The highest BCUT2D eigenvalue weighted by atomic mass is 19.4. The Morgan fingerprint density at radius 2 is 2.07 bits per heavy atom. The van der Waals surface area contributed by atoms with E-state index in [0.29, 0.717) is 6.07 Å². The number of hydrogen-bond acceptors (Lipinski definition) is 3. The number of nitrogens with two attached hydrogens (primary N) is 1. The van der Waals surface area contributed by atoms with E-state index in [4.69, 9.17) is 10.8 Å². The molecule has 0 aliphatic heterocycles. The lowest BCUT2D eigenvalue weighted by Gasteiger charge is -2.03. The topological polar surface area (TPSA) is 76.5 Å². The fraction of sp³-hybridized carbons (Fsp3) is 0.286. The molecular formula is C7H6F3NO3. The number of carboxylic acids is 1. The number of carboxylic acid groups (broad SMARTS) is 1. The molecule has 0 aromatic carbocycles. The summed E-state index contributed by atoms with van der Waals surface area (Å²) in [5.74, 6) is -3.14. The first-order chi connectivity index (χ1) is 6.32. The molecule has 0 saturated heterocycles. The number of halogens is 3. The van der Waals surface area contributed by atoms with Crippen LogP contribution in [0.2, 0.25) is 0 Å². The van der Waals surface area contributed by atoms with Crippen LogP contribution in [0, 0.1) is 0 Å². The molecule has 3 N–H and O–H groups in total. The number of rotatable bonds is 2. The van der Waals surface area contributed by atoms with E-state index in [0.717, 1.165) is 6.07 Å². The first-order valence-electron chi connectivity index (χ1n) is 3.47. The smallest absolute Gasteiger partial charge is 0.449 e. The lowest BCUT2D eigenvalue weighted by molar-refractivity contribution is -0.154. The third-order valence-corrected chi connectivity index (χ3v) is 1.48. The molecule has 4 nitrogen and oxygen atoms in total. The predicted octanol–water partition coefficient (Wildman–Crippen LogP) is 1.38. The van der Waals surface area contributed by atoms with Gasteiger partial charge in [-0.05, 0) is 12.1 Å². The predicted molar refractivity (Wildman–Crippen MR) is 38.3 cm³/mol. The van der Waals surface area contributed by atoms with Crippen LogP contribution in [0.15, 0.2) is 16.5 Å². The van der Waals surface area contributed by atoms with E-state index >= 15 is 0 Å². The van der Waals surface area contributed by atoms with Crippen LogP contribution in [-0.2, 0) is 11.0 Å². The minimum atomic E-state index is -4.63. The molecule has 1 aromatic rings. The molecule has 1 heterocycles. The Balaban J connectivity index is 2.94. The Morgan fingerprint density at radius 1 is 1.50 bits per heavy atom. The maximum Gasteiger partial charge on any atom is 0.449 e. The number of furan rings is 1. The molecule has 0 amide bonds. The lowest BCUT2D eigenvalue weighted by Crippen LogP contribution is -2.19. The molecular weight excluding hydrogens is 203 g/mol. The first kappa shape index (κ1) is 10.6. The monoisotopic (exact) mass is 209 g/mol. The summed E-state index contributed by atoms with van der Waals surface area (Å²) in [6.07, 6.45) is -4.63. The highest BCUT2D eigenvalue weighted by Gasteiger charge is 2.35. The average molecular weight is 209 g/mol. The van der Waals surface area contributed by atoms with Crippen molar-refractivity contribution >= 4 is 5.97 Å². The summed E-state index contributed by atoms with van der Waals surface area (Å²) in [6.45, 7) is 0. The van der Waals surface area contributed by atoms with E-state index in [1.165, 1.54) is 0 Å². The van der Waals surface area contributed by atoms with Crippen LogP contribution in [0.1, 0.15) is 17.6 Å². The lowest BCUT2D eigenvalue weighted by atomic mass is 10.2. The normalized spacial score (nSPS) is 14.0. The summed E-state index contributed by atoms with van der Waals surface area (Å²) in [5, 5.41) is 8.38. The van der Waals surface area contributed by atoms with E-state index in [2.05, 4.69) is 4.42 Å². The Morgan fingerprint density at radius 3 is 2.43 bits per heavy atom. The van der Waals surface area contributed by atoms with Gasteiger partial charge in [-0.25, -0.2) is 0 Å². The third-order valence-electron chi connectivity index (χ3n) is 1.48. The third kappa shape index (κ3) is 2.05. The van der Waals surface area contributed by atoms with Crippen LogP contribution in [-0.4, -0.2) is 11.1 Å². The van der Waals surface area contributed by atoms with E-state index in [-0.39, 0.29) is 0 Å². The van der Waals surface area contributed by atoms with Crippen molar-refractivity contribution in [3.05, 3.63) is 23.7 Å². The minimum Gasteiger partial charge on any atom is -0.480 e. The SMILES string of the molecule is NC(C(=O)O)c1ccc(C(F)(F)F)o1. The van der Waals surface area contributed by atoms with Gasteiger partial charge in [-0.2, -0.15) is 13.2 Å². The molecule has 1 unspecified atom stereocenters. The van der Waals surface area contributed by atoms with Crippen molar-refractivity contribution in [1.29, 1.82) is 0 Å². The molecule has 0 aliphatic rings. The van der Waals surface area contributed by atoms with Gasteiger partial charge in [-0.3, -0.25) is 4.79 Å². The van der Waals surface area contributed by atoms with Crippen LogP contribution in [0.4, 0.5) is 13.2 Å². The molecule has 0 aliphatic carbocycles. The first-order valence-corrected chi connectivity index (χ1v) is 3.47. The molecule has 0 spiro atoms. The second-order valence-electron chi connectivity index (χ2n) is 2.52. The summed E-state index contributed by atoms with van der Waals surface area (Å²) in [5.41, 5.74) is 5.03. The largest absolute Gasteiger partial charge is 0.480 e. The molecule has 1 rings (SSSR count). The Labute approximate surface area is 76.1 Å². The van der Waals surface area contributed by atoms with Crippen molar-refractivity contribution in [2.75, 3.05) is 0 Å². The molecule has 0 fully saturated rings. The molecule has 1 atom stereocenters. The van der Waals surface area contributed by atoms with Gasteiger partial charge in [0.25, 0.3) is 0 Å². The summed E-state index contributed by atoms with van der Waals surface area (Å²) in [7, 11) is 0. The van der Waals surface area contributed by atoms with Crippen LogP contribution < -0.4 is 5.73 Å². The maximum absolute atomic E-state index is 12.0. The van der Waals surface area contributed by atoms with Gasteiger partial charge in [0.15, 0.2) is 6.04 Å². The van der Waals surface area contributed by atoms with Crippen molar-refractivity contribution in [3.8, 4) is 0 Å². The van der Waals surface area contributed by atoms with Gasteiger partial charge in [0.1, 0.15) is 5.76 Å². The van der Waals surface area contributed by atoms with Gasteiger partial charge in [0.2, 0.25) is 5.76 Å². The Kier molecular flexibility index (Phi) is 2.52. The molecule has 0 radical (unpaired) electrons. The van der Waals surface area contributed by atoms with Crippen LogP contribution in [0.3, 0.4) is 0 Å². The van der Waals surface area contributed by atoms with Gasteiger partial charge < -0.3 is 15.3 Å². The summed E-state index contributed by atoms with van der Waals surface area (Å²) >= 11 is 0. The van der Waals surface area contributed by atoms with Crippen LogP contribution in [0.5, 0.6) is 0 Å². The van der Waals surface area contributed by atoms with E-state index in [1.54, 1.807) is 0 Å². The zero-order chi connectivity index (χ0) is 10.9. The summed E-state index contributed by atoms with van der Waals surface area (Å²) in [4.78, 5) is 10.3. The Hall–Kier alpha value is -1.50. The minimum absolute atomic E-state index is 0.426. The zero-order valence-electron chi connectivity index (χ0n) is 6.71. The van der Waals surface area contributed by atoms with Crippen molar-refractivity contribution in [3.63, 3.8) is 0 Å². The number of carbonyl (C=O) groups is 1. The van der Waals surface area contributed by atoms with Gasteiger partial charge in [0.05, 0.1) is 0 Å². The molecule has 7 heteroatoms. The number of alkyl halides is 3. The van der Waals surface area contributed by atoms with Crippen LogP contribution >= 0.6 is 0 Å². The van der Waals surface area contributed by atoms with E-state index in [1.807, 2.05) is 0 Å². The van der Waals surface area contributed by atoms with Gasteiger partial charge in [-0.1, -0.05) is 0 Å². The fourth-order valence-electron chi connectivity index (χ4n) is 0.794. The van der Waals surface area contributed by atoms with Gasteiger partial charge >= 0.3 is 12.1 Å². The zero-order valence-corrected chi connectivity index (χ0v) is 6.71. The van der Waals surface area contributed by atoms with Crippen LogP contribution in [0.25, 0.3) is 0 Å². The van der Waals surface area contributed by atoms with E-state index in [9.17, 15) is 18.0 Å². The van der Waals surface area contributed by atoms with Gasteiger partial charge in [-0.15, -0.1) is 0 Å².